The topological polar surface area (TPSA) is 126 Å². The predicted octanol–water partition coefficient (Wildman–Crippen LogP) is 0.169. The van der Waals surface area contributed by atoms with Crippen LogP contribution in [0.5, 0.6) is 0 Å². The van der Waals surface area contributed by atoms with E-state index >= 15 is 0 Å². The number of hydrogen-bond donors (Lipinski definition) is 2. The van der Waals surface area contributed by atoms with Crippen molar-refractivity contribution in [1.29, 1.82) is 5.26 Å². The second-order valence-corrected chi connectivity index (χ2v) is 4.12. The molecular weight excluding hydrogens is 264 g/mol. The average Bonchev–Trinajstić information content (AvgIpc) is 2.60. The fourth-order valence-electron chi connectivity index (χ4n) is 2.04. The van der Waals surface area contributed by atoms with Crippen LogP contribution in [-0.2, 0) is 14.3 Å². The van der Waals surface area contributed by atoms with Crippen molar-refractivity contribution in [3.05, 3.63) is 11.3 Å². The first-order valence-electron chi connectivity index (χ1n) is 6.08. The molecule has 0 saturated heterocycles. The molecule has 3 amide bonds. The van der Waals surface area contributed by atoms with E-state index in [9.17, 15) is 14.4 Å². The molecule has 0 aliphatic carbocycles. The zero-order valence-corrected chi connectivity index (χ0v) is 11.3. The summed E-state index contributed by atoms with van der Waals surface area (Å²) >= 11 is 0. The number of carbonyl (C=O) groups excluding carboxylic acids is 3. The van der Waals surface area contributed by atoms with Crippen molar-refractivity contribution < 1.29 is 19.1 Å². The molecule has 0 bridgehead atoms. The van der Waals surface area contributed by atoms with Crippen molar-refractivity contribution in [2.24, 2.45) is 11.7 Å². The first-order chi connectivity index (χ1) is 9.43. The van der Waals surface area contributed by atoms with E-state index in [1.165, 1.54) is 6.92 Å². The summed E-state index contributed by atoms with van der Waals surface area (Å²) in [4.78, 5) is 35.0. The lowest BCUT2D eigenvalue weighted by Crippen LogP contribution is -2.46. The monoisotopic (exact) mass is 280 g/mol. The van der Waals surface area contributed by atoms with Crippen LogP contribution < -0.4 is 11.2 Å². The minimum Gasteiger partial charge on any atom is -0.463 e. The van der Waals surface area contributed by atoms with Crippen molar-refractivity contribution >= 4 is 17.9 Å². The Morgan fingerprint density at radius 1 is 1.55 bits per heavy atom. The van der Waals surface area contributed by atoms with Crippen molar-refractivity contribution in [3.8, 4) is 6.07 Å². The van der Waals surface area contributed by atoms with Crippen molar-refractivity contribution in [3.63, 3.8) is 0 Å². The Bertz CT molecular complexity index is 506. The number of primary amides is 1. The number of hydrogen-bond acceptors (Lipinski definition) is 5. The highest BCUT2D eigenvalue weighted by Crippen LogP contribution is 2.32. The quantitative estimate of drug-likeness (QED) is 0.694. The van der Waals surface area contributed by atoms with E-state index in [-0.39, 0.29) is 30.7 Å². The molecule has 20 heavy (non-hydrogen) atoms. The van der Waals surface area contributed by atoms with Gasteiger partial charge in [-0.25, -0.2) is 20.0 Å². The number of esters is 1. The van der Waals surface area contributed by atoms with Crippen LogP contribution in [0.15, 0.2) is 11.3 Å². The van der Waals surface area contributed by atoms with E-state index in [4.69, 9.17) is 15.7 Å². The smallest absolute Gasteiger partial charge is 0.336 e. The number of nitrogens with one attached hydrogen (secondary N) is 1. The van der Waals surface area contributed by atoms with Crippen LogP contribution in [0, 0.1) is 17.2 Å². The molecular formula is C12H16N4O4. The Balaban J connectivity index is 3.10. The second kappa shape index (κ2) is 6.56. The number of carbonyl (C=O) groups is 3. The van der Waals surface area contributed by atoms with Gasteiger partial charge in [-0.2, -0.15) is 5.26 Å². The molecule has 0 aromatic carbocycles. The SMILES string of the molecule is CCOC(=O)C1=C(C)N(NC(N)=O)C(=O)C1CCC#N. The van der Waals surface area contributed by atoms with Crippen LogP contribution >= 0.6 is 0 Å². The van der Waals surface area contributed by atoms with Crippen LogP contribution in [-0.4, -0.2) is 29.5 Å². The lowest BCUT2D eigenvalue weighted by molar-refractivity contribution is -0.140. The molecule has 8 heteroatoms. The number of amides is 3. The summed E-state index contributed by atoms with van der Waals surface area (Å²) in [6.45, 7) is 3.32. The minimum atomic E-state index is -0.915. The molecule has 108 valence electrons. The molecule has 0 radical (unpaired) electrons. The summed E-state index contributed by atoms with van der Waals surface area (Å²) in [7, 11) is 0. The average molecular weight is 280 g/mol. The zero-order valence-electron chi connectivity index (χ0n) is 11.3. The fraction of sp³-hybridized carbons (Fsp3) is 0.500. The number of ether oxygens (including phenoxy) is 1. The Morgan fingerprint density at radius 2 is 2.20 bits per heavy atom. The van der Waals surface area contributed by atoms with Gasteiger partial charge in [-0.1, -0.05) is 0 Å². The van der Waals surface area contributed by atoms with Crippen LogP contribution in [0.1, 0.15) is 26.7 Å². The molecule has 0 aromatic rings. The van der Waals surface area contributed by atoms with Gasteiger partial charge in [0, 0.05) is 6.42 Å². The van der Waals surface area contributed by atoms with E-state index in [2.05, 4.69) is 5.43 Å². The summed E-state index contributed by atoms with van der Waals surface area (Å²) in [6.07, 6.45) is 0.286. The normalized spacial score (nSPS) is 17.9. The van der Waals surface area contributed by atoms with Gasteiger partial charge in [0.2, 0.25) is 0 Å². The maximum Gasteiger partial charge on any atom is 0.336 e. The molecule has 1 aliphatic heterocycles. The summed E-state index contributed by atoms with van der Waals surface area (Å²) in [5, 5.41) is 9.55. The van der Waals surface area contributed by atoms with Crippen LogP contribution in [0.2, 0.25) is 0 Å². The molecule has 0 aromatic heterocycles. The number of nitriles is 1. The Hall–Kier alpha value is -2.56. The van der Waals surface area contributed by atoms with Gasteiger partial charge in [0.25, 0.3) is 5.91 Å². The standard InChI is InChI=1S/C12H16N4O4/c1-3-20-11(18)9-7(2)16(15-12(14)19)10(17)8(9)5-4-6-13/h8H,3-5H2,1-2H3,(H3,14,15,19). The van der Waals surface area contributed by atoms with Gasteiger partial charge in [0.15, 0.2) is 0 Å². The number of nitrogens with zero attached hydrogens (tertiary/aromatic N) is 2. The molecule has 3 N–H and O–H groups in total. The van der Waals surface area contributed by atoms with Crippen molar-refractivity contribution in [1.82, 2.24) is 10.4 Å². The Kier molecular flexibility index (Phi) is 5.08. The Morgan fingerprint density at radius 3 is 2.70 bits per heavy atom. The van der Waals surface area contributed by atoms with Crippen LogP contribution in [0.25, 0.3) is 0 Å². The molecule has 8 nitrogen and oxygen atoms in total. The highest BCUT2D eigenvalue weighted by atomic mass is 16.5. The third kappa shape index (κ3) is 3.06. The lowest BCUT2D eigenvalue weighted by Gasteiger charge is -2.18. The number of hydrazine groups is 1. The third-order valence-corrected chi connectivity index (χ3v) is 2.85. The fourth-order valence-corrected chi connectivity index (χ4v) is 2.04. The van der Waals surface area contributed by atoms with Crippen molar-refractivity contribution in [2.45, 2.75) is 26.7 Å². The van der Waals surface area contributed by atoms with Crippen LogP contribution in [0.3, 0.4) is 0 Å². The molecule has 0 saturated carbocycles. The number of rotatable bonds is 5. The third-order valence-electron chi connectivity index (χ3n) is 2.85. The molecule has 0 fully saturated rings. The summed E-state index contributed by atoms with van der Waals surface area (Å²) in [6, 6.07) is 1.00. The zero-order chi connectivity index (χ0) is 15.3. The highest BCUT2D eigenvalue weighted by Gasteiger charge is 2.42. The minimum absolute atomic E-state index is 0.108. The second-order valence-electron chi connectivity index (χ2n) is 4.12. The summed E-state index contributed by atoms with van der Waals surface area (Å²) in [5.41, 5.74) is 7.55. The predicted molar refractivity (Wildman–Crippen MR) is 67.2 cm³/mol. The molecule has 1 atom stereocenters. The number of allylic oxidation sites excluding steroid dienone is 1. The molecule has 1 unspecified atom stereocenters. The maximum absolute atomic E-state index is 12.2. The first-order valence-corrected chi connectivity index (χ1v) is 6.08. The maximum atomic E-state index is 12.2. The summed E-state index contributed by atoms with van der Waals surface area (Å²) < 4.78 is 4.91. The highest BCUT2D eigenvalue weighted by molar-refractivity contribution is 6.02. The Labute approximate surface area is 116 Å². The lowest BCUT2D eigenvalue weighted by atomic mass is 9.95. The van der Waals surface area contributed by atoms with Gasteiger partial charge in [-0.3, -0.25) is 4.79 Å². The molecule has 0 spiro atoms. The van der Waals surface area contributed by atoms with Crippen molar-refractivity contribution in [2.75, 3.05) is 6.61 Å². The number of urea groups is 1. The van der Waals surface area contributed by atoms with E-state index in [1.807, 2.05) is 6.07 Å². The van der Waals surface area contributed by atoms with Gasteiger partial charge in [0.1, 0.15) is 0 Å². The van der Waals surface area contributed by atoms with Gasteiger partial charge < -0.3 is 10.5 Å². The molecule has 1 rings (SSSR count). The molecule has 1 heterocycles. The van der Waals surface area contributed by atoms with Gasteiger partial charge >= 0.3 is 12.0 Å². The van der Waals surface area contributed by atoms with Crippen LogP contribution in [0.4, 0.5) is 4.79 Å². The van der Waals surface area contributed by atoms with E-state index < -0.39 is 23.8 Å². The van der Waals surface area contributed by atoms with E-state index in [0.717, 1.165) is 5.01 Å². The summed E-state index contributed by atoms with van der Waals surface area (Å²) in [5.74, 6) is -1.93. The van der Waals surface area contributed by atoms with E-state index in [1.54, 1.807) is 6.92 Å². The van der Waals surface area contributed by atoms with E-state index in [0.29, 0.717) is 0 Å². The molecule has 1 aliphatic rings. The number of nitrogens with two attached hydrogens (primary N) is 1. The van der Waals surface area contributed by atoms with Gasteiger partial charge in [-0.15, -0.1) is 0 Å². The van der Waals surface area contributed by atoms with Gasteiger partial charge in [-0.05, 0) is 20.3 Å². The largest absolute Gasteiger partial charge is 0.463 e. The van der Waals surface area contributed by atoms with Gasteiger partial charge in [0.05, 0.1) is 29.9 Å². The first kappa shape index (κ1) is 15.5.